The lowest BCUT2D eigenvalue weighted by Crippen LogP contribution is -2.14. The maximum absolute atomic E-state index is 13.0. The molecule has 11 nitrogen and oxygen atoms in total. The average Bonchev–Trinajstić information content (AvgIpc) is 3.56. The van der Waals surface area contributed by atoms with Gasteiger partial charge in [0.1, 0.15) is 6.33 Å². The molecule has 0 unspecified atom stereocenters. The van der Waals surface area contributed by atoms with E-state index in [9.17, 15) is 14.9 Å². The van der Waals surface area contributed by atoms with Gasteiger partial charge >= 0.3 is 0 Å². The molecule has 0 atom stereocenters. The molecule has 0 fully saturated rings. The molecule has 0 aliphatic carbocycles. The number of nitro benzene ring substituents is 1. The van der Waals surface area contributed by atoms with Gasteiger partial charge in [0.25, 0.3) is 5.69 Å². The number of anilines is 1. The number of non-ortho nitro benzene ring substituents is 1. The highest BCUT2D eigenvalue weighted by molar-refractivity contribution is 5.93. The molecular formula is C24H18N8O3. The Morgan fingerprint density at radius 2 is 1.71 bits per heavy atom. The first-order chi connectivity index (χ1) is 17.1. The number of hydrogen-bond donors (Lipinski definition) is 1. The van der Waals surface area contributed by atoms with Crippen LogP contribution in [0.15, 0.2) is 91.4 Å². The van der Waals surface area contributed by atoms with E-state index < -0.39 is 4.92 Å². The SMILES string of the molecule is O=C(Cc1cn(-c2ccccc2)nc1-c1ccc([N+](=O)[O-])cc1)Nc1cccc(-n2cnnn2)c1. The van der Waals surface area contributed by atoms with Crippen molar-refractivity contribution < 1.29 is 9.72 Å². The molecule has 0 spiro atoms. The lowest BCUT2D eigenvalue weighted by molar-refractivity contribution is -0.384. The van der Waals surface area contributed by atoms with Gasteiger partial charge in [0.05, 0.1) is 28.4 Å². The predicted molar refractivity (Wildman–Crippen MR) is 127 cm³/mol. The van der Waals surface area contributed by atoms with Gasteiger partial charge in [-0.2, -0.15) is 5.10 Å². The lowest BCUT2D eigenvalue weighted by atomic mass is 10.1. The molecule has 11 heteroatoms. The monoisotopic (exact) mass is 466 g/mol. The van der Waals surface area contributed by atoms with Gasteiger partial charge in [-0.1, -0.05) is 24.3 Å². The number of aromatic nitrogens is 6. The first-order valence-corrected chi connectivity index (χ1v) is 10.6. The van der Waals surface area contributed by atoms with Crippen molar-refractivity contribution in [2.24, 2.45) is 0 Å². The normalized spacial score (nSPS) is 10.7. The molecule has 0 bridgehead atoms. The Kier molecular flexibility index (Phi) is 5.78. The van der Waals surface area contributed by atoms with Crippen LogP contribution < -0.4 is 5.32 Å². The number of tetrazole rings is 1. The lowest BCUT2D eigenvalue weighted by Gasteiger charge is -2.07. The minimum Gasteiger partial charge on any atom is -0.326 e. The molecule has 35 heavy (non-hydrogen) atoms. The van der Waals surface area contributed by atoms with Crippen LogP contribution in [-0.2, 0) is 11.2 Å². The molecule has 0 saturated carbocycles. The van der Waals surface area contributed by atoms with Crippen LogP contribution in [0.5, 0.6) is 0 Å². The molecule has 0 aliphatic heterocycles. The number of amides is 1. The van der Waals surface area contributed by atoms with Gasteiger partial charge in [0.2, 0.25) is 5.91 Å². The van der Waals surface area contributed by atoms with Gasteiger partial charge in [-0.25, -0.2) is 9.36 Å². The molecular weight excluding hydrogens is 448 g/mol. The third-order valence-corrected chi connectivity index (χ3v) is 5.26. The maximum atomic E-state index is 13.0. The van der Waals surface area contributed by atoms with E-state index in [1.807, 2.05) is 36.4 Å². The fourth-order valence-corrected chi connectivity index (χ4v) is 3.62. The number of benzene rings is 3. The van der Waals surface area contributed by atoms with Crippen LogP contribution in [0.25, 0.3) is 22.6 Å². The Labute approximate surface area is 198 Å². The summed E-state index contributed by atoms with van der Waals surface area (Å²) in [6.07, 6.45) is 3.31. The summed E-state index contributed by atoms with van der Waals surface area (Å²) >= 11 is 0. The van der Waals surface area contributed by atoms with Crippen molar-refractivity contribution in [3.8, 4) is 22.6 Å². The minimum absolute atomic E-state index is 0.0157. The molecule has 5 rings (SSSR count). The summed E-state index contributed by atoms with van der Waals surface area (Å²) in [7, 11) is 0. The van der Waals surface area contributed by atoms with Crippen LogP contribution in [0.4, 0.5) is 11.4 Å². The number of nitro groups is 1. The number of nitrogens with one attached hydrogen (secondary N) is 1. The summed E-state index contributed by atoms with van der Waals surface area (Å²) in [5.41, 5.74) is 4.04. The maximum Gasteiger partial charge on any atom is 0.269 e. The first-order valence-electron chi connectivity index (χ1n) is 10.6. The number of carbonyl (C=O) groups excluding carboxylic acids is 1. The van der Waals surface area contributed by atoms with E-state index in [4.69, 9.17) is 0 Å². The van der Waals surface area contributed by atoms with Crippen LogP contribution in [0, 0.1) is 10.1 Å². The number of rotatable bonds is 7. The second kappa shape index (κ2) is 9.35. The van der Waals surface area contributed by atoms with E-state index in [1.165, 1.54) is 23.1 Å². The van der Waals surface area contributed by atoms with Gasteiger partial charge < -0.3 is 5.32 Å². The summed E-state index contributed by atoms with van der Waals surface area (Å²) in [5, 5.41) is 29.7. The van der Waals surface area contributed by atoms with Gasteiger partial charge in [0, 0.05) is 35.1 Å². The van der Waals surface area contributed by atoms with Gasteiger partial charge in [-0.3, -0.25) is 14.9 Å². The summed E-state index contributed by atoms with van der Waals surface area (Å²) in [6, 6.07) is 22.8. The van der Waals surface area contributed by atoms with Crippen molar-refractivity contribution in [2.75, 3.05) is 5.32 Å². The van der Waals surface area contributed by atoms with Gasteiger partial charge in [0.15, 0.2) is 0 Å². The molecule has 172 valence electrons. The number of nitrogens with zero attached hydrogens (tertiary/aromatic N) is 7. The Morgan fingerprint density at radius 1 is 0.943 bits per heavy atom. The van der Waals surface area contributed by atoms with Crippen molar-refractivity contribution in [2.45, 2.75) is 6.42 Å². The van der Waals surface area contributed by atoms with Crippen molar-refractivity contribution in [1.29, 1.82) is 0 Å². The Balaban J connectivity index is 1.43. The number of carbonyl (C=O) groups is 1. The highest BCUT2D eigenvalue weighted by atomic mass is 16.6. The number of hydrogen-bond acceptors (Lipinski definition) is 7. The largest absolute Gasteiger partial charge is 0.326 e. The minimum atomic E-state index is -0.454. The molecule has 1 N–H and O–H groups in total. The zero-order valence-corrected chi connectivity index (χ0v) is 18.2. The van der Waals surface area contributed by atoms with Gasteiger partial charge in [-0.05, 0) is 52.9 Å². The van der Waals surface area contributed by atoms with Crippen molar-refractivity contribution in [1.82, 2.24) is 30.0 Å². The van der Waals surface area contributed by atoms with Crippen LogP contribution in [0.2, 0.25) is 0 Å². The van der Waals surface area contributed by atoms with Crippen molar-refractivity contribution >= 4 is 17.3 Å². The van der Waals surface area contributed by atoms with E-state index in [2.05, 4.69) is 25.9 Å². The predicted octanol–water partition coefficient (Wildman–Crippen LogP) is 3.60. The van der Waals surface area contributed by atoms with Crippen LogP contribution in [0.1, 0.15) is 5.56 Å². The summed E-state index contributed by atoms with van der Waals surface area (Å²) < 4.78 is 3.18. The molecule has 2 heterocycles. The average molecular weight is 466 g/mol. The standard InChI is InChI=1S/C24H18N8O3/c33-23(26-19-5-4-8-22(14-19)31-16-25-28-29-31)13-18-15-30(20-6-2-1-3-7-20)27-24(18)17-9-11-21(12-10-17)32(34)35/h1-12,14-16H,13H2,(H,26,33). The van der Waals surface area contributed by atoms with Crippen LogP contribution in [0.3, 0.4) is 0 Å². The van der Waals surface area contributed by atoms with Gasteiger partial charge in [-0.15, -0.1) is 5.10 Å². The molecule has 3 aromatic carbocycles. The summed E-state index contributed by atoms with van der Waals surface area (Å²) in [4.78, 5) is 23.6. The summed E-state index contributed by atoms with van der Waals surface area (Å²) in [6.45, 7) is 0. The molecule has 5 aromatic rings. The molecule has 1 amide bonds. The highest BCUT2D eigenvalue weighted by Gasteiger charge is 2.17. The molecule has 2 aromatic heterocycles. The second-order valence-corrected chi connectivity index (χ2v) is 7.62. The van der Waals surface area contributed by atoms with Crippen molar-refractivity contribution in [3.05, 3.63) is 107 Å². The molecule has 0 radical (unpaired) electrons. The summed E-state index contributed by atoms with van der Waals surface area (Å²) in [5.74, 6) is -0.241. The zero-order chi connectivity index (χ0) is 24.2. The van der Waals surface area contributed by atoms with Crippen molar-refractivity contribution in [3.63, 3.8) is 0 Å². The zero-order valence-electron chi connectivity index (χ0n) is 18.2. The molecule has 0 saturated heterocycles. The van der Waals surface area contributed by atoms with E-state index in [1.54, 1.807) is 41.2 Å². The third-order valence-electron chi connectivity index (χ3n) is 5.26. The first kappa shape index (κ1) is 21.6. The Hall–Kier alpha value is -5.19. The smallest absolute Gasteiger partial charge is 0.269 e. The van der Waals surface area contributed by atoms with Crippen LogP contribution in [-0.4, -0.2) is 40.8 Å². The fourth-order valence-electron chi connectivity index (χ4n) is 3.62. The van der Waals surface area contributed by atoms with Crippen LogP contribution >= 0.6 is 0 Å². The van der Waals surface area contributed by atoms with E-state index >= 15 is 0 Å². The second-order valence-electron chi connectivity index (χ2n) is 7.62. The van der Waals surface area contributed by atoms with E-state index in [0.29, 0.717) is 28.2 Å². The quantitative estimate of drug-likeness (QED) is 0.286. The van der Waals surface area contributed by atoms with E-state index in [-0.39, 0.29) is 18.0 Å². The number of para-hydroxylation sites is 1. The topological polar surface area (TPSA) is 134 Å². The third kappa shape index (κ3) is 4.78. The molecule has 0 aliphatic rings. The Morgan fingerprint density at radius 3 is 2.43 bits per heavy atom. The Bertz CT molecular complexity index is 1480. The fraction of sp³-hybridized carbons (Fsp3) is 0.0417. The highest BCUT2D eigenvalue weighted by Crippen LogP contribution is 2.26. The van der Waals surface area contributed by atoms with E-state index in [0.717, 1.165) is 5.69 Å².